The van der Waals surface area contributed by atoms with E-state index in [0.29, 0.717) is 18.1 Å². The molecule has 0 saturated carbocycles. The first-order valence-corrected chi connectivity index (χ1v) is 7.29. The van der Waals surface area contributed by atoms with Crippen molar-refractivity contribution in [2.45, 2.75) is 39.2 Å². The minimum Gasteiger partial charge on any atom is -0.337 e. The van der Waals surface area contributed by atoms with Crippen LogP contribution in [0.3, 0.4) is 0 Å². The molecular formula is C16H19N3O2. The van der Waals surface area contributed by atoms with Crippen LogP contribution in [0.5, 0.6) is 0 Å². The van der Waals surface area contributed by atoms with Gasteiger partial charge in [-0.25, -0.2) is 0 Å². The average molecular weight is 285 g/mol. The van der Waals surface area contributed by atoms with E-state index < -0.39 is 0 Å². The van der Waals surface area contributed by atoms with E-state index in [9.17, 15) is 4.79 Å². The van der Waals surface area contributed by atoms with Crippen molar-refractivity contribution in [2.75, 3.05) is 6.54 Å². The fourth-order valence-corrected chi connectivity index (χ4v) is 2.87. The zero-order chi connectivity index (χ0) is 14.8. The van der Waals surface area contributed by atoms with Gasteiger partial charge in [0.1, 0.15) is 6.04 Å². The molecule has 1 aliphatic heterocycles. The maximum absolute atomic E-state index is 12.6. The maximum Gasteiger partial charge on any atom is 0.249 e. The Bertz CT molecular complexity index is 650. The largest absolute Gasteiger partial charge is 0.337 e. The molecule has 5 heteroatoms. The second-order valence-corrected chi connectivity index (χ2v) is 5.59. The second kappa shape index (κ2) is 5.68. The molecule has 0 spiro atoms. The molecule has 3 rings (SSSR count). The molecule has 0 N–H and O–H groups in total. The summed E-state index contributed by atoms with van der Waals surface area (Å²) in [6, 6.07) is 8.00. The zero-order valence-corrected chi connectivity index (χ0v) is 12.4. The van der Waals surface area contributed by atoms with Crippen molar-refractivity contribution in [3.63, 3.8) is 0 Å². The number of benzene rings is 1. The summed E-state index contributed by atoms with van der Waals surface area (Å²) in [5.74, 6) is 1.30. The Labute approximate surface area is 124 Å². The molecule has 1 atom stereocenters. The lowest BCUT2D eigenvalue weighted by Crippen LogP contribution is -2.32. The number of nitrogens with zero attached hydrogens (tertiary/aromatic N) is 3. The Hall–Kier alpha value is -2.17. The third-order valence-electron chi connectivity index (χ3n) is 3.84. The summed E-state index contributed by atoms with van der Waals surface area (Å²) in [4.78, 5) is 18.7. The van der Waals surface area contributed by atoms with Crippen LogP contribution in [0.2, 0.25) is 0 Å². The van der Waals surface area contributed by atoms with Crippen LogP contribution in [0.25, 0.3) is 0 Å². The van der Waals surface area contributed by atoms with Gasteiger partial charge in [0.2, 0.25) is 11.8 Å². The standard InChI is InChI=1S/C16H19N3O2/c1-11-5-3-6-13(9-11)10-15(20)19-8-4-7-14(19)16-17-12(2)18-21-16/h3,5-6,9,14H,4,7-8,10H2,1-2H3. The fourth-order valence-electron chi connectivity index (χ4n) is 2.87. The van der Waals surface area contributed by atoms with Crippen molar-refractivity contribution in [3.05, 3.63) is 47.1 Å². The Morgan fingerprint density at radius 1 is 1.43 bits per heavy atom. The summed E-state index contributed by atoms with van der Waals surface area (Å²) in [5, 5.41) is 3.83. The molecule has 0 radical (unpaired) electrons. The molecule has 1 aromatic heterocycles. The van der Waals surface area contributed by atoms with E-state index in [1.165, 1.54) is 5.56 Å². The van der Waals surface area contributed by atoms with E-state index in [-0.39, 0.29) is 11.9 Å². The van der Waals surface area contributed by atoms with Crippen LogP contribution in [0.4, 0.5) is 0 Å². The van der Waals surface area contributed by atoms with Gasteiger partial charge in [-0.1, -0.05) is 35.0 Å². The molecule has 21 heavy (non-hydrogen) atoms. The Kier molecular flexibility index (Phi) is 3.73. The predicted molar refractivity (Wildman–Crippen MR) is 77.6 cm³/mol. The van der Waals surface area contributed by atoms with Gasteiger partial charge in [0.05, 0.1) is 6.42 Å². The highest BCUT2D eigenvalue weighted by Crippen LogP contribution is 2.31. The van der Waals surface area contributed by atoms with Gasteiger partial charge in [-0.2, -0.15) is 4.98 Å². The summed E-state index contributed by atoms with van der Waals surface area (Å²) >= 11 is 0. The van der Waals surface area contributed by atoms with E-state index in [2.05, 4.69) is 16.2 Å². The van der Waals surface area contributed by atoms with Crippen LogP contribution >= 0.6 is 0 Å². The lowest BCUT2D eigenvalue weighted by atomic mass is 10.1. The number of carbonyl (C=O) groups excluding carboxylic acids is 1. The van der Waals surface area contributed by atoms with Crippen LogP contribution in [0.15, 0.2) is 28.8 Å². The number of aryl methyl sites for hydroxylation is 2. The third kappa shape index (κ3) is 2.96. The van der Waals surface area contributed by atoms with E-state index in [0.717, 1.165) is 24.9 Å². The van der Waals surface area contributed by atoms with Crippen molar-refractivity contribution in [2.24, 2.45) is 0 Å². The molecule has 1 aliphatic rings. The third-order valence-corrected chi connectivity index (χ3v) is 3.84. The SMILES string of the molecule is Cc1cccc(CC(=O)N2CCCC2c2nc(C)no2)c1. The highest BCUT2D eigenvalue weighted by molar-refractivity contribution is 5.79. The first kappa shape index (κ1) is 13.8. The highest BCUT2D eigenvalue weighted by Gasteiger charge is 2.33. The summed E-state index contributed by atoms with van der Waals surface area (Å²) < 4.78 is 5.24. The van der Waals surface area contributed by atoms with Crippen molar-refractivity contribution in [1.82, 2.24) is 15.0 Å². The lowest BCUT2D eigenvalue weighted by Gasteiger charge is -2.22. The number of amides is 1. The topological polar surface area (TPSA) is 59.2 Å². The van der Waals surface area contributed by atoms with Gasteiger partial charge < -0.3 is 9.42 Å². The van der Waals surface area contributed by atoms with Crippen LogP contribution in [0, 0.1) is 13.8 Å². The van der Waals surface area contributed by atoms with Gasteiger partial charge in [0, 0.05) is 6.54 Å². The zero-order valence-electron chi connectivity index (χ0n) is 12.4. The highest BCUT2D eigenvalue weighted by atomic mass is 16.5. The quantitative estimate of drug-likeness (QED) is 0.869. The molecule has 1 aromatic carbocycles. The lowest BCUT2D eigenvalue weighted by molar-refractivity contribution is -0.131. The molecule has 1 amide bonds. The average Bonchev–Trinajstić information content (AvgIpc) is 3.06. The predicted octanol–water partition coefficient (Wildman–Crippen LogP) is 2.59. The number of likely N-dealkylation sites (tertiary alicyclic amines) is 1. The van der Waals surface area contributed by atoms with E-state index in [4.69, 9.17) is 4.52 Å². The normalized spacial score (nSPS) is 18.2. The van der Waals surface area contributed by atoms with Gasteiger partial charge in [0.25, 0.3) is 0 Å². The molecule has 110 valence electrons. The molecule has 0 aliphatic carbocycles. The molecule has 2 aromatic rings. The van der Waals surface area contributed by atoms with Crippen LogP contribution in [0.1, 0.15) is 41.7 Å². The Morgan fingerprint density at radius 2 is 2.29 bits per heavy atom. The number of aromatic nitrogens is 2. The minimum atomic E-state index is -0.0662. The Morgan fingerprint density at radius 3 is 3.00 bits per heavy atom. The van der Waals surface area contributed by atoms with Gasteiger partial charge in [0.15, 0.2) is 5.82 Å². The van der Waals surface area contributed by atoms with Crippen molar-refractivity contribution in [1.29, 1.82) is 0 Å². The van der Waals surface area contributed by atoms with Crippen molar-refractivity contribution in [3.8, 4) is 0 Å². The van der Waals surface area contributed by atoms with Gasteiger partial charge in [-0.05, 0) is 32.3 Å². The number of hydrogen-bond acceptors (Lipinski definition) is 4. The summed E-state index contributed by atoms with van der Waals surface area (Å²) in [6.07, 6.45) is 2.29. The van der Waals surface area contributed by atoms with E-state index in [1.807, 2.05) is 30.0 Å². The van der Waals surface area contributed by atoms with Gasteiger partial charge >= 0.3 is 0 Å². The number of carbonyl (C=O) groups is 1. The van der Waals surface area contributed by atoms with Gasteiger partial charge in [-0.3, -0.25) is 4.79 Å². The van der Waals surface area contributed by atoms with E-state index in [1.54, 1.807) is 6.92 Å². The van der Waals surface area contributed by atoms with Crippen LogP contribution in [-0.2, 0) is 11.2 Å². The minimum absolute atomic E-state index is 0.0662. The fraction of sp³-hybridized carbons (Fsp3) is 0.438. The summed E-state index contributed by atoms with van der Waals surface area (Å²) in [5.41, 5.74) is 2.22. The first-order chi connectivity index (χ1) is 10.1. The summed E-state index contributed by atoms with van der Waals surface area (Å²) in [7, 11) is 0. The molecule has 0 bridgehead atoms. The van der Waals surface area contributed by atoms with Gasteiger partial charge in [-0.15, -0.1) is 0 Å². The molecule has 2 heterocycles. The Balaban J connectivity index is 1.74. The maximum atomic E-state index is 12.6. The van der Waals surface area contributed by atoms with Crippen LogP contribution in [-0.4, -0.2) is 27.5 Å². The smallest absolute Gasteiger partial charge is 0.249 e. The van der Waals surface area contributed by atoms with E-state index >= 15 is 0 Å². The number of rotatable bonds is 3. The first-order valence-electron chi connectivity index (χ1n) is 7.29. The molecule has 1 unspecified atom stereocenters. The van der Waals surface area contributed by atoms with Crippen molar-refractivity contribution >= 4 is 5.91 Å². The second-order valence-electron chi connectivity index (χ2n) is 5.59. The molecular weight excluding hydrogens is 266 g/mol. The van der Waals surface area contributed by atoms with Crippen molar-refractivity contribution < 1.29 is 9.32 Å². The monoisotopic (exact) mass is 285 g/mol. The molecule has 5 nitrogen and oxygen atoms in total. The summed E-state index contributed by atoms with van der Waals surface area (Å²) in [6.45, 7) is 4.59. The molecule has 1 saturated heterocycles. The number of hydrogen-bond donors (Lipinski definition) is 0. The van der Waals surface area contributed by atoms with Crippen LogP contribution < -0.4 is 0 Å². The molecule has 1 fully saturated rings.